The smallest absolute Gasteiger partial charge is 0.252 e. The van der Waals surface area contributed by atoms with E-state index in [-0.39, 0.29) is 53.2 Å². The van der Waals surface area contributed by atoms with Crippen LogP contribution in [0, 0.1) is 5.92 Å². The normalized spacial score (nSPS) is 14.2. The topological polar surface area (TPSA) is 212 Å². The molecule has 18 rings (SSSR count). The number of anilines is 3. The molecule has 3 aromatic heterocycles. The van der Waals surface area contributed by atoms with Crippen LogP contribution in [0.15, 0.2) is 383 Å². The molecule has 6 N–H and O–H groups in total. The number of nitrogens with one attached hydrogen (secondary N) is 6. The second-order valence-corrected chi connectivity index (χ2v) is 38.8. The van der Waals surface area contributed by atoms with Crippen LogP contribution >= 0.6 is 0 Å². The SMILES string of the molecule is CCc1ccc(C(=O)NCCC(c2ccccc2)c2ccccc2)cc1.CN(C)[C@H]1CCN(c2ccc(C(=O)NCCC(c3ccccc3)c3ccccc3)cn2)C1.CN1CCN(c2ccc(C(=O)NCCC(c3ccccc3)c3ccccc3)cn2)CC1.O=C(CC1CCCCC1)NCCC(c1ccccc1)c1ccccc1.O=C(NCCC(c1ccccc1)c1ccccc1)c1ccc(NCCN2CCCC2)nc1. The summed E-state index contributed by atoms with van der Waals surface area (Å²) in [5.41, 5.74) is 16.5. The van der Waals surface area contributed by atoms with Gasteiger partial charge in [0.05, 0.1) is 16.7 Å². The van der Waals surface area contributed by atoms with Gasteiger partial charge in [0, 0.05) is 151 Å². The summed E-state index contributed by atoms with van der Waals surface area (Å²) in [4.78, 5) is 87.7. The maximum absolute atomic E-state index is 12.7. The third-order valence-electron chi connectivity index (χ3n) is 28.5. The van der Waals surface area contributed by atoms with Gasteiger partial charge in [0.1, 0.15) is 17.5 Å². The Morgan fingerprint density at radius 2 is 0.623 bits per heavy atom. The third kappa shape index (κ3) is 34.4. The Hall–Kier alpha value is -14.5. The molecule has 0 unspecified atom stereocenters. The molecule has 1 aliphatic carbocycles. The number of pyridine rings is 3. The lowest BCUT2D eigenvalue weighted by atomic mass is 9.86. The van der Waals surface area contributed by atoms with Crippen molar-refractivity contribution in [3.63, 3.8) is 0 Å². The number of rotatable bonds is 39. The van der Waals surface area contributed by atoms with Crippen LogP contribution in [-0.4, -0.2) is 185 Å². The number of amides is 5. The van der Waals surface area contributed by atoms with Crippen LogP contribution in [0.4, 0.5) is 17.5 Å². The minimum atomic E-state index is -0.0824. The highest BCUT2D eigenvalue weighted by Crippen LogP contribution is 2.35. The molecule has 3 saturated heterocycles. The average Bonchev–Trinajstić information content (AvgIpc) is 1.74. The van der Waals surface area contributed by atoms with Crippen molar-refractivity contribution < 1.29 is 24.0 Å². The zero-order valence-corrected chi connectivity index (χ0v) is 85.7. The van der Waals surface area contributed by atoms with Crippen molar-refractivity contribution in [2.24, 2.45) is 5.92 Å². The van der Waals surface area contributed by atoms with Gasteiger partial charge in [-0.15, -0.1) is 0 Å². The van der Waals surface area contributed by atoms with Crippen LogP contribution in [0.1, 0.15) is 229 Å². The fourth-order valence-corrected chi connectivity index (χ4v) is 20.0. The Bertz CT molecular complexity index is 5880. The molecule has 0 bridgehead atoms. The number of aromatic nitrogens is 3. The molecule has 5 amide bonds. The van der Waals surface area contributed by atoms with Crippen LogP contribution in [0.2, 0.25) is 0 Å². The highest BCUT2D eigenvalue weighted by atomic mass is 16.2. The zero-order valence-electron chi connectivity index (χ0n) is 85.7. The number of hydrogen-bond acceptors (Lipinski definition) is 14. The predicted octanol–water partition coefficient (Wildman–Crippen LogP) is 23.0. The number of likely N-dealkylation sites (tertiary alicyclic amines) is 1. The number of aryl methyl sites for hydroxylation is 1. The summed E-state index contributed by atoms with van der Waals surface area (Å²) in [6.07, 6.45) is 21.2. The van der Waals surface area contributed by atoms with E-state index in [1.54, 1.807) is 18.6 Å². The van der Waals surface area contributed by atoms with E-state index in [2.05, 4.69) is 354 Å². The molecule has 1 atom stereocenters. The molecular formula is C127H148N14O5. The van der Waals surface area contributed by atoms with E-state index >= 15 is 0 Å². The third-order valence-corrected chi connectivity index (χ3v) is 28.5. The number of carbonyl (C=O) groups is 5. The van der Waals surface area contributed by atoms with E-state index in [1.165, 1.54) is 119 Å². The Morgan fingerprint density at radius 3 is 0.925 bits per heavy atom. The summed E-state index contributed by atoms with van der Waals surface area (Å²) in [7, 11) is 6.38. The maximum Gasteiger partial charge on any atom is 0.252 e. The van der Waals surface area contributed by atoms with Crippen LogP contribution in [0.5, 0.6) is 0 Å². The first-order valence-corrected chi connectivity index (χ1v) is 52.9. The van der Waals surface area contributed by atoms with E-state index in [0.717, 1.165) is 127 Å². The van der Waals surface area contributed by atoms with Crippen molar-refractivity contribution in [1.82, 2.24) is 56.2 Å². The average molecular weight is 1950 g/mol. The standard InChI is InChI=1S/2C27H32N4O.C26H30N4O.C24H25NO.C23H29NO/c1-30(2)24-16-18-31(20-24)26-14-13-23(19-29-26)27(32)28-17-15-25(21-9-5-3-6-10-21)22-11-7-4-8-12-22;32-27(24-13-14-26(30-21-24)28-17-20-31-18-7-8-19-31)29-16-15-25(22-9-3-1-4-10-22)23-11-5-2-6-12-23;1-29-16-18-30(19-17-29)25-13-12-23(20-28-25)26(31)27-15-14-24(21-8-4-2-5-9-21)22-10-6-3-7-11-22;1-2-19-13-15-22(16-14-19)24(26)25-18-17-23(20-9-5-3-6-10-20)21-11-7-4-8-12-21;25-23(18-19-10-4-1-5-11-19)24-17-16-22(20-12-6-2-7-13-20)21-14-8-3-9-15-21/h3-14,19,24-25H,15-18,20H2,1-2H3,(H,28,32);1-6,9-14,21,25H,7-8,15-20H2,(H,28,30)(H,29,32);2-13,20,24H,14-19H2,1H3,(H,27,31);3-16,23H,2,17-18H2,1H3,(H,25,26);2-3,6-9,12-15,19,22H,1,4-5,10-11,16-18H2,(H,24,25)/t24-;;;;/m0..../s1. The molecule has 11 aromatic carbocycles. The molecule has 14 aromatic rings. The molecule has 0 radical (unpaired) electrons. The minimum Gasteiger partial charge on any atom is -0.369 e. The highest BCUT2D eigenvalue weighted by molar-refractivity contribution is 5.96. The second kappa shape index (κ2) is 59.1. The minimum absolute atomic E-state index is 0.00692. The first-order chi connectivity index (χ1) is 71.7. The fourth-order valence-electron chi connectivity index (χ4n) is 20.0. The van der Waals surface area contributed by atoms with E-state index in [9.17, 15) is 24.0 Å². The van der Waals surface area contributed by atoms with E-state index in [0.29, 0.717) is 67.2 Å². The van der Waals surface area contributed by atoms with Gasteiger partial charge in [0.2, 0.25) is 5.91 Å². The molecule has 1 saturated carbocycles. The van der Waals surface area contributed by atoms with Gasteiger partial charge < -0.3 is 56.4 Å². The van der Waals surface area contributed by atoms with E-state index in [4.69, 9.17) is 0 Å². The van der Waals surface area contributed by atoms with Crippen molar-refractivity contribution in [1.29, 1.82) is 0 Å². The van der Waals surface area contributed by atoms with Crippen molar-refractivity contribution >= 4 is 47.0 Å². The molecule has 19 nitrogen and oxygen atoms in total. The van der Waals surface area contributed by atoms with Gasteiger partial charge in [-0.1, -0.05) is 342 Å². The first-order valence-electron chi connectivity index (χ1n) is 52.9. The Morgan fingerprint density at radius 1 is 0.315 bits per heavy atom. The largest absolute Gasteiger partial charge is 0.369 e. The van der Waals surface area contributed by atoms with Gasteiger partial charge in [0.25, 0.3) is 23.6 Å². The summed E-state index contributed by atoms with van der Waals surface area (Å²) in [5.74, 6) is 4.65. The number of carbonyl (C=O) groups excluding carboxylic acids is 5. The molecule has 0 spiro atoms. The van der Waals surface area contributed by atoms with Crippen LogP contribution in [0.3, 0.4) is 0 Å². The lowest BCUT2D eigenvalue weighted by Gasteiger charge is -2.33. The summed E-state index contributed by atoms with van der Waals surface area (Å²) in [6.45, 7) is 15.6. The predicted molar refractivity (Wildman–Crippen MR) is 597 cm³/mol. The summed E-state index contributed by atoms with van der Waals surface area (Å²) < 4.78 is 0. The quantitative estimate of drug-likeness (QED) is 0.0212. The van der Waals surface area contributed by atoms with Gasteiger partial charge in [-0.2, -0.15) is 0 Å². The molecule has 19 heteroatoms. The van der Waals surface area contributed by atoms with Crippen molar-refractivity contribution in [3.05, 3.63) is 466 Å². The van der Waals surface area contributed by atoms with Crippen molar-refractivity contribution in [2.75, 3.05) is 134 Å². The molecule has 3 aliphatic heterocycles. The Balaban J connectivity index is 0.000000145. The van der Waals surface area contributed by atoms with Crippen molar-refractivity contribution in [2.45, 2.75) is 139 Å². The van der Waals surface area contributed by atoms with Crippen LogP contribution < -0.4 is 41.7 Å². The van der Waals surface area contributed by atoms with Gasteiger partial charge in [-0.05, 0) is 221 Å². The van der Waals surface area contributed by atoms with Gasteiger partial charge in [0.15, 0.2) is 0 Å². The molecule has 4 aliphatic rings. The Labute approximate surface area is 867 Å². The van der Waals surface area contributed by atoms with E-state index in [1.807, 2.05) is 109 Å². The first kappa shape index (κ1) is 107. The number of piperazine rings is 1. The number of likely N-dealkylation sites (N-methyl/N-ethyl adjacent to an activating group) is 2. The lowest BCUT2D eigenvalue weighted by molar-refractivity contribution is -0.122. The number of hydrogen-bond donors (Lipinski definition) is 6. The summed E-state index contributed by atoms with van der Waals surface area (Å²) >= 11 is 0. The number of benzene rings is 11. The van der Waals surface area contributed by atoms with Gasteiger partial charge in [-0.3, -0.25) is 24.0 Å². The molecule has 4 fully saturated rings. The van der Waals surface area contributed by atoms with Gasteiger partial charge >= 0.3 is 0 Å². The van der Waals surface area contributed by atoms with Crippen LogP contribution in [0.25, 0.3) is 0 Å². The fraction of sp³-hybridized carbons (Fsp3) is 0.323. The number of nitrogens with zero attached hydrogens (tertiary/aromatic N) is 8. The molecule has 756 valence electrons. The van der Waals surface area contributed by atoms with E-state index < -0.39 is 0 Å². The van der Waals surface area contributed by atoms with Crippen molar-refractivity contribution in [3.8, 4) is 0 Å². The highest BCUT2D eigenvalue weighted by Gasteiger charge is 2.28. The summed E-state index contributed by atoms with van der Waals surface area (Å²) in [5, 5.41) is 18.8. The monoisotopic (exact) mass is 1950 g/mol. The van der Waals surface area contributed by atoms with Gasteiger partial charge in [-0.25, -0.2) is 15.0 Å². The van der Waals surface area contributed by atoms with Crippen LogP contribution in [-0.2, 0) is 11.2 Å². The maximum atomic E-state index is 12.7. The molecule has 146 heavy (non-hydrogen) atoms. The second-order valence-electron chi connectivity index (χ2n) is 38.8. The summed E-state index contributed by atoms with van der Waals surface area (Å²) in [6, 6.07) is 125. The Kier molecular flexibility index (Phi) is 43.4. The zero-order chi connectivity index (χ0) is 101. The molecule has 6 heterocycles. The lowest BCUT2D eigenvalue weighted by Crippen LogP contribution is -2.44. The molecular weight excluding hydrogens is 1800 g/mol.